The number of carbonyl (C=O) groups excluding carboxylic acids is 1. The van der Waals surface area contributed by atoms with Crippen molar-refractivity contribution in [1.29, 1.82) is 0 Å². The first-order valence-electron chi connectivity index (χ1n) is 4.63. The van der Waals surface area contributed by atoms with Crippen LogP contribution in [-0.4, -0.2) is 29.1 Å². The van der Waals surface area contributed by atoms with E-state index >= 15 is 0 Å². The van der Waals surface area contributed by atoms with Gasteiger partial charge in [0.25, 0.3) is 0 Å². The molecule has 0 aromatic heterocycles. The Balaban J connectivity index is 2.21. The van der Waals surface area contributed by atoms with Crippen molar-refractivity contribution in [3.8, 4) is 0 Å². The average Bonchev–Trinajstić information content (AvgIpc) is 2.61. The number of benzene rings is 1. The van der Waals surface area contributed by atoms with Crippen LogP contribution in [0.2, 0.25) is 0 Å². The topological polar surface area (TPSA) is 49.6 Å². The molecule has 0 bridgehead atoms. The van der Waals surface area contributed by atoms with Gasteiger partial charge in [-0.25, -0.2) is 4.79 Å². The largest absolute Gasteiger partial charge is 0.376 e. The van der Waals surface area contributed by atoms with Gasteiger partial charge >= 0.3 is 6.03 Å². The summed E-state index contributed by atoms with van der Waals surface area (Å²) in [6.45, 7) is 1.18. The van der Waals surface area contributed by atoms with Crippen LogP contribution in [0.3, 0.4) is 0 Å². The fourth-order valence-electron chi connectivity index (χ4n) is 1.59. The standard InChI is InChI=1S/C10H11N3OS/c11-9(15)13-7-6-12(10(13)14)8-4-2-1-3-5-8/h1-5H,6-7H2,(H2,11,15). The van der Waals surface area contributed by atoms with Crippen LogP contribution in [0.4, 0.5) is 10.5 Å². The number of carbonyl (C=O) groups is 1. The maximum absolute atomic E-state index is 11.8. The third-order valence-electron chi connectivity index (χ3n) is 2.34. The molecule has 1 saturated heterocycles. The normalized spacial score (nSPS) is 15.9. The van der Waals surface area contributed by atoms with Gasteiger partial charge in [0.05, 0.1) is 0 Å². The van der Waals surface area contributed by atoms with Gasteiger partial charge in [-0.1, -0.05) is 18.2 Å². The van der Waals surface area contributed by atoms with Gasteiger partial charge in [0.1, 0.15) is 0 Å². The summed E-state index contributed by atoms with van der Waals surface area (Å²) in [6, 6.07) is 9.34. The van der Waals surface area contributed by atoms with E-state index in [-0.39, 0.29) is 11.1 Å². The Morgan fingerprint density at radius 3 is 2.47 bits per heavy atom. The highest BCUT2D eigenvalue weighted by molar-refractivity contribution is 7.80. The van der Waals surface area contributed by atoms with Crippen molar-refractivity contribution in [2.45, 2.75) is 0 Å². The lowest BCUT2D eigenvalue weighted by atomic mass is 10.3. The molecule has 1 aliphatic rings. The summed E-state index contributed by atoms with van der Waals surface area (Å²) in [6.07, 6.45) is 0. The summed E-state index contributed by atoms with van der Waals surface area (Å²) < 4.78 is 0. The minimum absolute atomic E-state index is 0.137. The number of nitrogens with zero attached hydrogens (tertiary/aromatic N) is 2. The van der Waals surface area contributed by atoms with Crippen LogP contribution in [0, 0.1) is 0 Å². The molecule has 1 aromatic rings. The summed E-state index contributed by atoms with van der Waals surface area (Å²) in [4.78, 5) is 14.9. The molecule has 2 amide bonds. The van der Waals surface area contributed by atoms with E-state index in [0.29, 0.717) is 13.1 Å². The highest BCUT2D eigenvalue weighted by Gasteiger charge is 2.30. The molecule has 1 aromatic carbocycles. The van der Waals surface area contributed by atoms with Gasteiger partial charge in [-0.2, -0.15) is 0 Å². The van der Waals surface area contributed by atoms with E-state index in [1.165, 1.54) is 4.90 Å². The minimum Gasteiger partial charge on any atom is -0.376 e. The molecular weight excluding hydrogens is 210 g/mol. The summed E-state index contributed by atoms with van der Waals surface area (Å²) in [5.74, 6) is 0. The van der Waals surface area contributed by atoms with Gasteiger partial charge in [-0.15, -0.1) is 0 Å². The summed E-state index contributed by atoms with van der Waals surface area (Å²) >= 11 is 4.79. The van der Waals surface area contributed by atoms with E-state index in [4.69, 9.17) is 18.0 Å². The molecule has 2 rings (SSSR count). The van der Waals surface area contributed by atoms with Crippen LogP contribution in [-0.2, 0) is 0 Å². The molecule has 2 N–H and O–H groups in total. The Labute approximate surface area is 93.3 Å². The molecule has 0 aliphatic carbocycles. The second-order valence-electron chi connectivity index (χ2n) is 3.26. The third-order valence-corrected chi connectivity index (χ3v) is 2.56. The lowest BCUT2D eigenvalue weighted by Gasteiger charge is -2.17. The zero-order chi connectivity index (χ0) is 10.8. The molecule has 4 nitrogen and oxygen atoms in total. The van der Waals surface area contributed by atoms with Gasteiger partial charge in [-0.3, -0.25) is 9.80 Å². The molecule has 1 heterocycles. The zero-order valence-electron chi connectivity index (χ0n) is 8.09. The highest BCUT2D eigenvalue weighted by Crippen LogP contribution is 2.19. The van der Waals surface area contributed by atoms with Crippen molar-refractivity contribution in [3.05, 3.63) is 30.3 Å². The van der Waals surface area contributed by atoms with E-state index in [2.05, 4.69) is 0 Å². The van der Waals surface area contributed by atoms with Crippen molar-refractivity contribution in [1.82, 2.24) is 4.90 Å². The second kappa shape index (κ2) is 3.86. The first-order valence-corrected chi connectivity index (χ1v) is 5.04. The first kappa shape index (κ1) is 9.92. The molecule has 0 unspecified atom stereocenters. The quantitative estimate of drug-likeness (QED) is 0.724. The van der Waals surface area contributed by atoms with Crippen LogP contribution >= 0.6 is 12.2 Å². The van der Waals surface area contributed by atoms with E-state index in [9.17, 15) is 4.79 Å². The molecule has 0 radical (unpaired) electrons. The minimum atomic E-state index is -0.145. The number of para-hydroxylation sites is 1. The Hall–Kier alpha value is -1.62. The number of thiocarbonyl (C=S) groups is 1. The van der Waals surface area contributed by atoms with E-state index in [1.54, 1.807) is 4.90 Å². The van der Waals surface area contributed by atoms with E-state index < -0.39 is 0 Å². The molecule has 0 atom stereocenters. The van der Waals surface area contributed by atoms with Gasteiger partial charge in [0.2, 0.25) is 0 Å². The third kappa shape index (κ3) is 1.78. The Morgan fingerprint density at radius 2 is 1.93 bits per heavy atom. The van der Waals surface area contributed by atoms with Crippen molar-refractivity contribution in [3.63, 3.8) is 0 Å². The first-order chi connectivity index (χ1) is 7.20. The van der Waals surface area contributed by atoms with Crippen LogP contribution in [0.25, 0.3) is 0 Å². The van der Waals surface area contributed by atoms with Gasteiger partial charge in [0, 0.05) is 18.8 Å². The fourth-order valence-corrected chi connectivity index (χ4v) is 1.76. The zero-order valence-corrected chi connectivity index (χ0v) is 8.91. The molecule has 5 heteroatoms. The number of amides is 2. The number of urea groups is 1. The highest BCUT2D eigenvalue weighted by atomic mass is 32.1. The number of nitrogens with two attached hydrogens (primary N) is 1. The van der Waals surface area contributed by atoms with Crippen molar-refractivity contribution >= 4 is 29.0 Å². The summed E-state index contributed by atoms with van der Waals surface area (Å²) in [5, 5.41) is 0.137. The predicted octanol–water partition coefficient (Wildman–Crippen LogP) is 1.17. The van der Waals surface area contributed by atoms with E-state index in [0.717, 1.165) is 5.69 Å². The van der Waals surface area contributed by atoms with Gasteiger partial charge < -0.3 is 5.73 Å². The molecule has 0 saturated carbocycles. The smallest absolute Gasteiger partial charge is 0.330 e. The van der Waals surface area contributed by atoms with Crippen LogP contribution in [0.15, 0.2) is 30.3 Å². The summed E-state index contributed by atoms with van der Waals surface area (Å²) in [5.41, 5.74) is 6.31. The Morgan fingerprint density at radius 1 is 1.27 bits per heavy atom. The molecule has 1 aliphatic heterocycles. The second-order valence-corrected chi connectivity index (χ2v) is 3.68. The summed E-state index contributed by atoms with van der Waals surface area (Å²) in [7, 11) is 0. The fraction of sp³-hybridized carbons (Fsp3) is 0.200. The number of hydrogen-bond donors (Lipinski definition) is 1. The average molecular weight is 221 g/mol. The Bertz CT molecular complexity index is 393. The monoisotopic (exact) mass is 221 g/mol. The maximum Gasteiger partial charge on any atom is 0.330 e. The lowest BCUT2D eigenvalue weighted by Crippen LogP contribution is -2.39. The number of anilines is 1. The molecule has 15 heavy (non-hydrogen) atoms. The van der Waals surface area contributed by atoms with Crippen LogP contribution < -0.4 is 10.6 Å². The lowest BCUT2D eigenvalue weighted by molar-refractivity contribution is 0.238. The van der Waals surface area contributed by atoms with Crippen molar-refractivity contribution in [2.75, 3.05) is 18.0 Å². The number of rotatable bonds is 1. The van der Waals surface area contributed by atoms with Crippen LogP contribution in [0.5, 0.6) is 0 Å². The molecule has 0 spiro atoms. The SMILES string of the molecule is NC(=S)N1CCN(c2ccccc2)C1=O. The predicted molar refractivity (Wildman–Crippen MR) is 62.7 cm³/mol. The molecule has 1 fully saturated rings. The maximum atomic E-state index is 11.8. The van der Waals surface area contributed by atoms with Crippen molar-refractivity contribution in [2.24, 2.45) is 5.73 Å². The van der Waals surface area contributed by atoms with E-state index in [1.807, 2.05) is 30.3 Å². The van der Waals surface area contributed by atoms with Crippen LogP contribution in [0.1, 0.15) is 0 Å². The van der Waals surface area contributed by atoms with Gasteiger partial charge in [0.15, 0.2) is 5.11 Å². The van der Waals surface area contributed by atoms with Gasteiger partial charge in [-0.05, 0) is 24.4 Å². The molecular formula is C10H11N3OS. The number of hydrogen-bond acceptors (Lipinski definition) is 2. The Kier molecular flexibility index (Phi) is 2.55. The van der Waals surface area contributed by atoms with Crippen molar-refractivity contribution < 1.29 is 4.79 Å². The molecule has 78 valence electrons.